The molecule has 0 aliphatic carbocycles. The molecule has 0 fully saturated rings. The first-order chi connectivity index (χ1) is 16.1. The number of nitrogens with one attached hydrogen (secondary N) is 2. The number of nitrogens with two attached hydrogens (primary N) is 1. The van der Waals surface area contributed by atoms with Crippen LogP contribution in [0.25, 0.3) is 0 Å². The summed E-state index contributed by atoms with van der Waals surface area (Å²) in [7, 11) is -2.12. The Morgan fingerprint density at radius 2 is 1.65 bits per heavy atom. The van der Waals surface area contributed by atoms with E-state index in [1.54, 1.807) is 48.5 Å². The fourth-order valence-corrected chi connectivity index (χ4v) is 4.58. The monoisotopic (exact) mass is 524 g/mol. The first-order valence-corrected chi connectivity index (χ1v) is 12.8. The van der Waals surface area contributed by atoms with E-state index in [-0.39, 0.29) is 15.2 Å². The topological polar surface area (TPSA) is 150 Å². The Balaban J connectivity index is 1.65. The van der Waals surface area contributed by atoms with Gasteiger partial charge in [0.2, 0.25) is 11.8 Å². The van der Waals surface area contributed by atoms with Crippen molar-refractivity contribution in [3.05, 3.63) is 58.6 Å². The second-order valence-electron chi connectivity index (χ2n) is 6.95. The highest BCUT2D eigenvalue weighted by atomic mass is 35.5. The lowest BCUT2D eigenvalue weighted by atomic mass is 10.2. The third kappa shape index (κ3) is 6.44. The summed E-state index contributed by atoms with van der Waals surface area (Å²) in [6.07, 6.45) is 0.416. The van der Waals surface area contributed by atoms with Crippen LogP contribution < -0.4 is 25.8 Å². The molecule has 1 atom stereocenters. The SMILES string of the molecule is COc1ccccc1Oc1ccccc1NC(=O)CC(=O)Nc1nc(C(N)S(C)(=O)=O)c(Cl)s1. The Morgan fingerprint density at radius 1 is 1.06 bits per heavy atom. The number of thiazole rings is 1. The lowest BCUT2D eigenvalue weighted by molar-refractivity contribution is -0.123. The molecule has 4 N–H and O–H groups in total. The number of sulfone groups is 1. The van der Waals surface area contributed by atoms with Crippen LogP contribution in [0.2, 0.25) is 4.34 Å². The Bertz CT molecular complexity index is 1310. The standard InChI is InChI=1S/C21H21ClN4O6S2/c1-31-14-9-5-6-10-15(14)32-13-8-4-3-7-12(13)24-16(27)11-17(28)25-21-26-18(19(22)33-21)20(23)34(2,29)30/h3-10,20H,11,23H2,1-2H3,(H,24,27)(H,25,26,28). The van der Waals surface area contributed by atoms with E-state index in [4.69, 9.17) is 26.8 Å². The van der Waals surface area contributed by atoms with Crippen LogP contribution in [0.5, 0.6) is 17.2 Å². The molecule has 0 saturated carbocycles. The molecule has 1 unspecified atom stereocenters. The van der Waals surface area contributed by atoms with Gasteiger partial charge in [-0.3, -0.25) is 9.59 Å². The maximum atomic E-state index is 12.5. The van der Waals surface area contributed by atoms with Crippen LogP contribution >= 0.6 is 22.9 Å². The fourth-order valence-electron chi connectivity index (χ4n) is 2.73. The van der Waals surface area contributed by atoms with Gasteiger partial charge in [0.15, 0.2) is 37.6 Å². The molecule has 0 aliphatic heterocycles. The van der Waals surface area contributed by atoms with Crippen molar-refractivity contribution < 1.29 is 27.5 Å². The maximum Gasteiger partial charge on any atom is 0.235 e. The van der Waals surface area contributed by atoms with E-state index in [9.17, 15) is 18.0 Å². The number of halogens is 1. The molecule has 0 saturated heterocycles. The molecule has 0 spiro atoms. The molecule has 34 heavy (non-hydrogen) atoms. The molecule has 2 aromatic carbocycles. The van der Waals surface area contributed by atoms with Crippen LogP contribution in [0.4, 0.5) is 10.8 Å². The van der Waals surface area contributed by atoms with Gasteiger partial charge >= 0.3 is 0 Å². The van der Waals surface area contributed by atoms with E-state index < -0.39 is 33.4 Å². The minimum absolute atomic E-state index is 0.0248. The minimum Gasteiger partial charge on any atom is -0.493 e. The van der Waals surface area contributed by atoms with Crippen molar-refractivity contribution in [3.8, 4) is 17.2 Å². The zero-order valence-electron chi connectivity index (χ0n) is 18.1. The molecule has 3 rings (SSSR count). The number of ether oxygens (including phenoxy) is 2. The molecule has 180 valence electrons. The average Bonchev–Trinajstić information content (AvgIpc) is 3.13. The number of carbonyl (C=O) groups excluding carboxylic acids is 2. The Morgan fingerprint density at radius 3 is 2.29 bits per heavy atom. The van der Waals surface area contributed by atoms with Gasteiger partial charge in [0.1, 0.15) is 16.5 Å². The molecule has 1 aromatic heterocycles. The molecule has 0 bridgehead atoms. The van der Waals surface area contributed by atoms with E-state index in [1.807, 2.05) is 0 Å². The van der Waals surface area contributed by atoms with Gasteiger partial charge in [-0.15, -0.1) is 0 Å². The largest absolute Gasteiger partial charge is 0.493 e. The van der Waals surface area contributed by atoms with Crippen molar-refractivity contribution in [1.82, 2.24) is 4.98 Å². The third-order valence-corrected chi connectivity index (χ3v) is 6.70. The highest BCUT2D eigenvalue weighted by Gasteiger charge is 2.25. The zero-order chi connectivity index (χ0) is 24.9. The molecule has 3 aromatic rings. The predicted octanol–water partition coefficient (Wildman–Crippen LogP) is 3.57. The molecule has 0 aliphatic rings. The van der Waals surface area contributed by atoms with Crippen molar-refractivity contribution in [2.75, 3.05) is 24.0 Å². The Labute approximate surface area is 205 Å². The van der Waals surface area contributed by atoms with Crippen molar-refractivity contribution in [2.45, 2.75) is 11.8 Å². The lowest BCUT2D eigenvalue weighted by Crippen LogP contribution is -2.22. The summed E-state index contributed by atoms with van der Waals surface area (Å²) >= 11 is 6.85. The highest BCUT2D eigenvalue weighted by molar-refractivity contribution is 7.90. The molecular weight excluding hydrogens is 504 g/mol. The molecule has 2 amide bonds. The number of hydrogen-bond acceptors (Lipinski definition) is 9. The van der Waals surface area contributed by atoms with Crippen molar-refractivity contribution in [1.29, 1.82) is 0 Å². The summed E-state index contributed by atoms with van der Waals surface area (Å²) in [4.78, 5) is 28.7. The summed E-state index contributed by atoms with van der Waals surface area (Å²) in [6.45, 7) is 0. The first-order valence-electron chi connectivity index (χ1n) is 9.68. The fraction of sp³-hybridized carbons (Fsp3) is 0.190. The second kappa shape index (κ2) is 10.8. The number of hydrogen-bond donors (Lipinski definition) is 3. The Kier molecular flexibility index (Phi) is 8.10. The van der Waals surface area contributed by atoms with Crippen molar-refractivity contribution in [3.63, 3.8) is 0 Å². The number of carbonyl (C=O) groups is 2. The van der Waals surface area contributed by atoms with Gasteiger partial charge in [-0.1, -0.05) is 47.2 Å². The van der Waals surface area contributed by atoms with E-state index >= 15 is 0 Å². The maximum absolute atomic E-state index is 12.5. The summed E-state index contributed by atoms with van der Waals surface area (Å²) in [5.41, 5.74) is 5.93. The summed E-state index contributed by atoms with van der Waals surface area (Å²) in [5.74, 6) is 0.0370. The number of anilines is 2. The number of amides is 2. The number of para-hydroxylation sites is 4. The summed E-state index contributed by atoms with van der Waals surface area (Å²) in [6, 6.07) is 13.8. The number of methoxy groups -OCH3 is 1. The average molecular weight is 525 g/mol. The molecule has 0 radical (unpaired) electrons. The van der Waals surface area contributed by atoms with E-state index in [0.29, 0.717) is 22.9 Å². The van der Waals surface area contributed by atoms with Gasteiger partial charge in [-0.2, -0.15) is 0 Å². The number of nitrogens with zero attached hydrogens (tertiary/aromatic N) is 1. The molecule has 10 nitrogen and oxygen atoms in total. The van der Waals surface area contributed by atoms with Gasteiger partial charge in [-0.25, -0.2) is 13.4 Å². The molecular formula is C21H21ClN4O6S2. The van der Waals surface area contributed by atoms with Crippen LogP contribution in [-0.4, -0.2) is 38.6 Å². The predicted molar refractivity (Wildman–Crippen MR) is 130 cm³/mol. The van der Waals surface area contributed by atoms with E-state index in [1.165, 1.54) is 7.11 Å². The van der Waals surface area contributed by atoms with Crippen LogP contribution in [0.3, 0.4) is 0 Å². The van der Waals surface area contributed by atoms with Crippen molar-refractivity contribution >= 4 is 55.4 Å². The first kappa shape index (κ1) is 25.4. The van der Waals surface area contributed by atoms with Gasteiger partial charge in [-0.05, 0) is 24.3 Å². The number of benzene rings is 2. The van der Waals surface area contributed by atoms with Crippen LogP contribution in [-0.2, 0) is 19.4 Å². The quantitative estimate of drug-likeness (QED) is 0.359. The minimum atomic E-state index is -3.64. The summed E-state index contributed by atoms with van der Waals surface area (Å²) < 4.78 is 34.4. The molecule has 1 heterocycles. The lowest BCUT2D eigenvalue weighted by Gasteiger charge is -2.14. The third-order valence-electron chi connectivity index (χ3n) is 4.36. The normalized spacial score (nSPS) is 12.0. The van der Waals surface area contributed by atoms with Gasteiger partial charge < -0.3 is 25.8 Å². The van der Waals surface area contributed by atoms with Gasteiger partial charge in [0.05, 0.1) is 12.8 Å². The van der Waals surface area contributed by atoms with Crippen LogP contribution in [0.15, 0.2) is 48.5 Å². The van der Waals surface area contributed by atoms with Crippen LogP contribution in [0, 0.1) is 0 Å². The van der Waals surface area contributed by atoms with E-state index in [0.717, 1.165) is 17.6 Å². The second-order valence-corrected chi connectivity index (χ2v) is 10.7. The van der Waals surface area contributed by atoms with Gasteiger partial charge in [0.25, 0.3) is 0 Å². The Hall–Kier alpha value is -3.19. The van der Waals surface area contributed by atoms with E-state index in [2.05, 4.69) is 15.6 Å². The van der Waals surface area contributed by atoms with Crippen LogP contribution in [0.1, 0.15) is 17.5 Å². The smallest absolute Gasteiger partial charge is 0.235 e. The van der Waals surface area contributed by atoms with Crippen molar-refractivity contribution in [2.24, 2.45) is 5.73 Å². The zero-order valence-corrected chi connectivity index (χ0v) is 20.5. The summed E-state index contributed by atoms with van der Waals surface area (Å²) in [5, 5.41) is 3.65. The highest BCUT2D eigenvalue weighted by Crippen LogP contribution is 2.35. The van der Waals surface area contributed by atoms with Gasteiger partial charge in [0, 0.05) is 6.26 Å². The molecule has 13 heteroatoms. The number of aromatic nitrogens is 1. The number of rotatable bonds is 9.